The summed E-state index contributed by atoms with van der Waals surface area (Å²) in [7, 11) is 1.86. The van der Waals surface area contributed by atoms with Crippen LogP contribution < -0.4 is 0 Å². The van der Waals surface area contributed by atoms with E-state index in [1.807, 2.05) is 7.11 Å². The van der Waals surface area contributed by atoms with Crippen LogP contribution in [0.5, 0.6) is 0 Å². The van der Waals surface area contributed by atoms with Gasteiger partial charge in [0.25, 0.3) is 0 Å². The number of ether oxygens (including phenoxy) is 1. The zero-order chi connectivity index (χ0) is 24.4. The molecular formula is C31H50O2. The molecular weight excluding hydrogens is 404 g/mol. The van der Waals surface area contributed by atoms with Gasteiger partial charge >= 0.3 is 0 Å². The van der Waals surface area contributed by atoms with Gasteiger partial charge in [-0.3, -0.25) is 4.79 Å². The summed E-state index contributed by atoms with van der Waals surface area (Å²) in [4.78, 5) is 12.8. The van der Waals surface area contributed by atoms with Crippen LogP contribution in [-0.4, -0.2) is 19.0 Å². The van der Waals surface area contributed by atoms with Crippen molar-refractivity contribution < 1.29 is 9.53 Å². The molecule has 186 valence electrons. The molecule has 0 aliphatic heterocycles. The van der Waals surface area contributed by atoms with Gasteiger partial charge in [-0.25, -0.2) is 0 Å². The van der Waals surface area contributed by atoms with Gasteiger partial charge in [-0.1, -0.05) is 64.8 Å². The van der Waals surface area contributed by atoms with E-state index in [0.717, 1.165) is 31.6 Å². The number of methoxy groups -OCH3 is 1. The molecule has 0 aromatic rings. The fourth-order valence-corrected chi connectivity index (χ4v) is 9.60. The molecule has 0 amide bonds. The van der Waals surface area contributed by atoms with E-state index in [1.54, 1.807) is 5.57 Å². The molecule has 0 radical (unpaired) electrons. The molecule has 4 rings (SSSR count). The Morgan fingerprint density at radius 1 is 1.12 bits per heavy atom. The van der Waals surface area contributed by atoms with Crippen LogP contribution in [0.2, 0.25) is 0 Å². The highest BCUT2D eigenvalue weighted by Gasteiger charge is 2.65. The highest BCUT2D eigenvalue weighted by atomic mass is 16.5. The number of rotatable bonds is 5. The Morgan fingerprint density at radius 2 is 1.82 bits per heavy atom. The first kappa shape index (κ1) is 25.2. The zero-order valence-electron chi connectivity index (χ0n) is 23.0. The van der Waals surface area contributed by atoms with Crippen LogP contribution in [0.1, 0.15) is 107 Å². The molecule has 4 aliphatic rings. The van der Waals surface area contributed by atoms with Crippen molar-refractivity contribution in [2.45, 2.75) is 113 Å². The summed E-state index contributed by atoms with van der Waals surface area (Å²) < 4.78 is 5.86. The molecule has 0 spiro atoms. The molecule has 0 unspecified atom stereocenters. The number of fused-ring (bicyclic) bond motifs is 5. The number of carbonyl (C=O) groups excluding carboxylic acids is 1. The monoisotopic (exact) mass is 454 g/mol. The maximum absolute atomic E-state index is 12.8. The van der Waals surface area contributed by atoms with E-state index in [-0.39, 0.29) is 16.9 Å². The van der Waals surface area contributed by atoms with Gasteiger partial charge in [0.05, 0.1) is 6.10 Å². The zero-order valence-corrected chi connectivity index (χ0v) is 23.0. The lowest BCUT2D eigenvalue weighted by Crippen LogP contribution is -2.57. The number of ketones is 1. The molecule has 2 heteroatoms. The van der Waals surface area contributed by atoms with Gasteiger partial charge in [-0.15, -0.1) is 0 Å². The molecule has 0 N–H and O–H groups in total. The quantitative estimate of drug-likeness (QED) is 0.392. The molecule has 8 atom stereocenters. The maximum atomic E-state index is 12.8. The van der Waals surface area contributed by atoms with Crippen molar-refractivity contribution in [3.8, 4) is 0 Å². The predicted octanol–water partition coefficient (Wildman–Crippen LogP) is 8.17. The lowest BCUT2D eigenvalue weighted by Gasteiger charge is -2.63. The molecule has 3 saturated carbocycles. The summed E-state index contributed by atoms with van der Waals surface area (Å²) in [6.07, 6.45) is 14.6. The Hall–Kier alpha value is -0.890. The number of Topliss-reactive ketones (excluding diaryl/α,β-unsaturated/α-hetero) is 1. The first-order valence-electron chi connectivity index (χ1n) is 13.7. The Balaban J connectivity index is 1.63. The smallest absolute Gasteiger partial charge is 0.138 e. The van der Waals surface area contributed by atoms with Gasteiger partial charge in [0, 0.05) is 18.9 Å². The van der Waals surface area contributed by atoms with Gasteiger partial charge < -0.3 is 4.74 Å². The average Bonchev–Trinajstić information content (AvgIpc) is 3.02. The molecule has 33 heavy (non-hydrogen) atoms. The number of allylic oxidation sites excluding steroid dienone is 3. The fraction of sp³-hybridized carbons (Fsp3) is 0.839. The largest absolute Gasteiger partial charge is 0.377 e. The van der Waals surface area contributed by atoms with Crippen molar-refractivity contribution in [2.24, 2.45) is 45.3 Å². The molecule has 0 heterocycles. The van der Waals surface area contributed by atoms with Gasteiger partial charge in [-0.2, -0.15) is 0 Å². The molecule has 4 aliphatic carbocycles. The number of hydrogen-bond donors (Lipinski definition) is 0. The molecule has 0 saturated heterocycles. The second-order valence-electron chi connectivity index (χ2n) is 13.8. The van der Waals surface area contributed by atoms with Crippen LogP contribution >= 0.6 is 0 Å². The SMILES string of the molecule is CO[C@@H](C=C(C)C)C[C@H](C)[C@@H]1CC[C@]2(C)C3=CC[C@H]4C(C)(C)C(=O)CC[C@]4(C)[C@H]3CC[C@@]12C. The summed E-state index contributed by atoms with van der Waals surface area (Å²) in [5, 5.41) is 0. The van der Waals surface area contributed by atoms with E-state index in [4.69, 9.17) is 4.74 Å². The lowest BCUT2D eigenvalue weighted by molar-refractivity contribution is -0.146. The van der Waals surface area contributed by atoms with Crippen molar-refractivity contribution in [1.29, 1.82) is 0 Å². The highest BCUT2D eigenvalue weighted by molar-refractivity contribution is 5.85. The first-order valence-corrected chi connectivity index (χ1v) is 13.7. The van der Waals surface area contributed by atoms with E-state index < -0.39 is 0 Å². The summed E-state index contributed by atoms with van der Waals surface area (Å²) in [6, 6.07) is 0. The minimum atomic E-state index is -0.177. The van der Waals surface area contributed by atoms with Crippen LogP contribution in [0, 0.1) is 45.3 Å². The standard InChI is InChI=1S/C31H50O2/c1-20(2)18-22(33-9)19-21(3)23-12-16-31(8)25-10-11-26-28(4,5)27(32)14-15-29(26,6)24(25)13-17-30(23,31)7/h10,18,21-24,26H,11-17,19H2,1-9H3/t21-,22-,23-,24-,26-,29+,30-,31+/m0/s1. The normalized spacial score (nSPS) is 43.6. The van der Waals surface area contributed by atoms with E-state index in [1.165, 1.54) is 31.3 Å². The third-order valence-electron chi connectivity index (χ3n) is 11.8. The van der Waals surface area contributed by atoms with Gasteiger partial charge in [0.15, 0.2) is 0 Å². The molecule has 3 fully saturated rings. The van der Waals surface area contributed by atoms with Crippen LogP contribution in [0.4, 0.5) is 0 Å². The second kappa shape index (κ2) is 8.35. The number of hydrogen-bond acceptors (Lipinski definition) is 2. The Bertz CT molecular complexity index is 845. The average molecular weight is 455 g/mol. The lowest BCUT2D eigenvalue weighted by atomic mass is 9.41. The number of carbonyl (C=O) groups is 1. The highest BCUT2D eigenvalue weighted by Crippen LogP contribution is 2.73. The van der Waals surface area contributed by atoms with Gasteiger partial charge in [0.1, 0.15) is 5.78 Å². The van der Waals surface area contributed by atoms with Crippen LogP contribution in [0.3, 0.4) is 0 Å². The first-order chi connectivity index (χ1) is 15.3. The molecule has 2 nitrogen and oxygen atoms in total. The predicted molar refractivity (Wildman–Crippen MR) is 138 cm³/mol. The van der Waals surface area contributed by atoms with E-state index in [0.29, 0.717) is 34.4 Å². The maximum Gasteiger partial charge on any atom is 0.138 e. The Morgan fingerprint density at radius 3 is 2.45 bits per heavy atom. The summed E-state index contributed by atoms with van der Waals surface area (Å²) in [5.41, 5.74) is 3.89. The van der Waals surface area contributed by atoms with Crippen LogP contribution in [0.15, 0.2) is 23.3 Å². The summed E-state index contributed by atoms with van der Waals surface area (Å²) in [5.74, 6) is 3.06. The van der Waals surface area contributed by atoms with Crippen molar-refractivity contribution in [3.63, 3.8) is 0 Å². The van der Waals surface area contributed by atoms with Gasteiger partial charge in [0.2, 0.25) is 0 Å². The van der Waals surface area contributed by atoms with Crippen LogP contribution in [0.25, 0.3) is 0 Å². The Labute approximate surface area is 204 Å². The van der Waals surface area contributed by atoms with Crippen molar-refractivity contribution in [1.82, 2.24) is 0 Å². The van der Waals surface area contributed by atoms with Crippen molar-refractivity contribution in [3.05, 3.63) is 23.3 Å². The minimum Gasteiger partial charge on any atom is -0.377 e. The summed E-state index contributed by atoms with van der Waals surface area (Å²) in [6.45, 7) is 19.1. The molecule has 0 aromatic carbocycles. The third kappa shape index (κ3) is 3.64. The van der Waals surface area contributed by atoms with E-state index in [9.17, 15) is 4.79 Å². The Kier molecular flexibility index (Phi) is 6.38. The topological polar surface area (TPSA) is 26.3 Å². The second-order valence-corrected chi connectivity index (χ2v) is 13.8. The van der Waals surface area contributed by atoms with E-state index in [2.05, 4.69) is 67.5 Å². The molecule has 0 aromatic heterocycles. The summed E-state index contributed by atoms with van der Waals surface area (Å²) >= 11 is 0. The molecule has 0 bridgehead atoms. The van der Waals surface area contributed by atoms with Gasteiger partial charge in [-0.05, 0) is 98.7 Å². The van der Waals surface area contributed by atoms with Crippen LogP contribution in [-0.2, 0) is 9.53 Å². The van der Waals surface area contributed by atoms with Crippen molar-refractivity contribution in [2.75, 3.05) is 7.11 Å². The third-order valence-corrected chi connectivity index (χ3v) is 11.8. The fourth-order valence-electron chi connectivity index (χ4n) is 9.60. The minimum absolute atomic E-state index is 0.177. The van der Waals surface area contributed by atoms with E-state index >= 15 is 0 Å². The van der Waals surface area contributed by atoms with Crippen molar-refractivity contribution >= 4 is 5.78 Å².